The average Bonchev–Trinajstić information content (AvgIpc) is 3.10. The highest BCUT2D eigenvalue weighted by Gasteiger charge is 2.28. The van der Waals surface area contributed by atoms with Crippen LogP contribution in [0.15, 0.2) is 10.3 Å². The largest absolute Gasteiger partial charge is 0.354 e. The zero-order valence-corrected chi connectivity index (χ0v) is 11.7. The SMILES string of the molecule is CCNc1nc(Cl)nc(Sc2nnnn2C2CC2)n1. The smallest absolute Gasteiger partial charge is 0.228 e. The Bertz CT molecular complexity index is 583. The third kappa shape index (κ3) is 2.92. The molecule has 10 heteroatoms. The Labute approximate surface area is 118 Å². The lowest BCUT2D eigenvalue weighted by atomic mass is 10.7. The lowest BCUT2D eigenvalue weighted by molar-refractivity contribution is 0.565. The monoisotopic (exact) mass is 298 g/mol. The van der Waals surface area contributed by atoms with Crippen LogP contribution in [-0.4, -0.2) is 41.7 Å². The molecule has 2 aromatic rings. The minimum absolute atomic E-state index is 0.152. The van der Waals surface area contributed by atoms with Gasteiger partial charge in [-0.1, -0.05) is 0 Å². The lowest BCUT2D eigenvalue weighted by Gasteiger charge is -2.04. The average molecular weight is 299 g/mol. The van der Waals surface area contributed by atoms with Crippen LogP contribution in [0, 0.1) is 0 Å². The van der Waals surface area contributed by atoms with Crippen molar-refractivity contribution in [1.82, 2.24) is 35.2 Å². The number of nitrogens with zero attached hydrogens (tertiary/aromatic N) is 7. The molecule has 0 aliphatic heterocycles. The molecule has 0 saturated heterocycles. The van der Waals surface area contributed by atoms with Crippen molar-refractivity contribution in [1.29, 1.82) is 0 Å². The van der Waals surface area contributed by atoms with E-state index in [4.69, 9.17) is 11.6 Å². The zero-order chi connectivity index (χ0) is 13.2. The van der Waals surface area contributed by atoms with Crippen LogP contribution in [-0.2, 0) is 0 Å². The fourth-order valence-corrected chi connectivity index (χ4v) is 2.49. The summed E-state index contributed by atoms with van der Waals surface area (Å²) in [6, 6.07) is 0.406. The maximum absolute atomic E-state index is 5.87. The van der Waals surface area contributed by atoms with Crippen LogP contribution in [0.4, 0.5) is 5.95 Å². The first-order chi connectivity index (χ1) is 9.26. The summed E-state index contributed by atoms with van der Waals surface area (Å²) in [5.74, 6) is 0.454. The number of rotatable bonds is 5. The predicted molar refractivity (Wildman–Crippen MR) is 69.2 cm³/mol. The number of hydrogen-bond donors (Lipinski definition) is 1. The second-order valence-corrected chi connectivity index (χ2v) is 5.25. The molecule has 0 aromatic carbocycles. The van der Waals surface area contributed by atoms with Crippen LogP contribution in [0.1, 0.15) is 25.8 Å². The molecule has 1 aliphatic carbocycles. The summed E-state index contributed by atoms with van der Waals surface area (Å²) in [6.45, 7) is 2.67. The summed E-state index contributed by atoms with van der Waals surface area (Å²) in [4.78, 5) is 12.3. The molecule has 0 amide bonds. The van der Waals surface area contributed by atoms with E-state index in [0.29, 0.717) is 28.8 Å². The number of anilines is 1. The van der Waals surface area contributed by atoms with Crippen LogP contribution >= 0.6 is 23.4 Å². The Morgan fingerprint density at radius 3 is 2.95 bits per heavy atom. The molecule has 0 unspecified atom stereocenters. The van der Waals surface area contributed by atoms with E-state index in [1.165, 1.54) is 11.8 Å². The normalized spacial score (nSPS) is 14.6. The maximum atomic E-state index is 5.87. The lowest BCUT2D eigenvalue weighted by Crippen LogP contribution is -2.05. The van der Waals surface area contributed by atoms with E-state index in [-0.39, 0.29) is 5.28 Å². The molecule has 1 N–H and O–H groups in total. The highest BCUT2D eigenvalue weighted by molar-refractivity contribution is 7.99. The van der Waals surface area contributed by atoms with E-state index in [9.17, 15) is 0 Å². The Balaban J connectivity index is 1.83. The quantitative estimate of drug-likeness (QED) is 0.886. The predicted octanol–water partition coefficient (Wildman–Crippen LogP) is 1.43. The molecule has 1 saturated carbocycles. The molecule has 19 heavy (non-hydrogen) atoms. The number of tetrazole rings is 1. The van der Waals surface area contributed by atoms with Crippen molar-refractivity contribution in [2.24, 2.45) is 0 Å². The highest BCUT2D eigenvalue weighted by atomic mass is 35.5. The molecule has 100 valence electrons. The molecule has 0 spiro atoms. The summed E-state index contributed by atoms with van der Waals surface area (Å²) >= 11 is 7.15. The number of nitrogens with one attached hydrogen (secondary N) is 1. The van der Waals surface area contributed by atoms with Gasteiger partial charge in [-0.3, -0.25) is 0 Å². The van der Waals surface area contributed by atoms with Gasteiger partial charge in [0.25, 0.3) is 0 Å². The molecule has 2 heterocycles. The van der Waals surface area contributed by atoms with Crippen LogP contribution < -0.4 is 5.32 Å². The van der Waals surface area contributed by atoms with Crippen LogP contribution in [0.3, 0.4) is 0 Å². The van der Waals surface area contributed by atoms with Crippen molar-refractivity contribution < 1.29 is 0 Å². The Kier molecular flexibility index (Phi) is 3.47. The summed E-state index contributed by atoms with van der Waals surface area (Å²) in [6.07, 6.45) is 2.22. The van der Waals surface area contributed by atoms with Gasteiger partial charge < -0.3 is 5.32 Å². The van der Waals surface area contributed by atoms with Crippen molar-refractivity contribution in [3.63, 3.8) is 0 Å². The standard InChI is InChI=1S/C9H11ClN8S/c1-2-11-7-12-6(10)13-8(14-7)19-9-15-16-17-18(9)5-3-4-5/h5H,2-4H2,1H3,(H,11,12,13,14). The molecule has 1 fully saturated rings. The number of hydrogen-bond acceptors (Lipinski definition) is 8. The van der Waals surface area contributed by atoms with Gasteiger partial charge in [-0.2, -0.15) is 15.0 Å². The van der Waals surface area contributed by atoms with Gasteiger partial charge in [-0.05, 0) is 53.6 Å². The second-order valence-electron chi connectivity index (χ2n) is 3.98. The van der Waals surface area contributed by atoms with Gasteiger partial charge in [0.1, 0.15) is 0 Å². The Morgan fingerprint density at radius 2 is 2.21 bits per heavy atom. The molecule has 2 aromatic heterocycles. The van der Waals surface area contributed by atoms with Gasteiger partial charge in [0.05, 0.1) is 6.04 Å². The van der Waals surface area contributed by atoms with Gasteiger partial charge in [-0.15, -0.1) is 5.10 Å². The van der Waals surface area contributed by atoms with Gasteiger partial charge in [-0.25, -0.2) is 4.68 Å². The molecule has 3 rings (SSSR count). The van der Waals surface area contributed by atoms with E-state index in [2.05, 4.69) is 35.8 Å². The van der Waals surface area contributed by atoms with Crippen LogP contribution in [0.25, 0.3) is 0 Å². The van der Waals surface area contributed by atoms with Gasteiger partial charge in [0.2, 0.25) is 21.5 Å². The van der Waals surface area contributed by atoms with E-state index in [1.807, 2.05) is 6.92 Å². The van der Waals surface area contributed by atoms with E-state index in [1.54, 1.807) is 4.68 Å². The van der Waals surface area contributed by atoms with Crippen molar-refractivity contribution >= 4 is 29.3 Å². The molecule has 1 aliphatic rings. The van der Waals surface area contributed by atoms with Crippen molar-refractivity contribution in [3.05, 3.63) is 5.28 Å². The van der Waals surface area contributed by atoms with E-state index >= 15 is 0 Å². The fourth-order valence-electron chi connectivity index (χ4n) is 1.50. The van der Waals surface area contributed by atoms with Gasteiger partial charge >= 0.3 is 0 Å². The summed E-state index contributed by atoms with van der Waals surface area (Å²) in [5, 5.41) is 15.9. The fraction of sp³-hybridized carbons (Fsp3) is 0.556. The van der Waals surface area contributed by atoms with Gasteiger partial charge in [0.15, 0.2) is 0 Å². The summed E-state index contributed by atoms with van der Waals surface area (Å²) in [5.41, 5.74) is 0. The number of aromatic nitrogens is 7. The third-order valence-electron chi connectivity index (χ3n) is 2.46. The first kappa shape index (κ1) is 12.5. The van der Waals surface area contributed by atoms with Crippen molar-refractivity contribution in [2.45, 2.75) is 36.1 Å². The molecule has 0 radical (unpaired) electrons. The first-order valence-electron chi connectivity index (χ1n) is 5.87. The Morgan fingerprint density at radius 1 is 1.37 bits per heavy atom. The Hall–Kier alpha value is -1.48. The highest BCUT2D eigenvalue weighted by Crippen LogP contribution is 2.37. The van der Waals surface area contributed by atoms with Crippen molar-refractivity contribution in [3.8, 4) is 0 Å². The summed E-state index contributed by atoms with van der Waals surface area (Å²) in [7, 11) is 0. The van der Waals surface area contributed by atoms with Crippen LogP contribution in [0.2, 0.25) is 5.28 Å². The second kappa shape index (κ2) is 5.25. The third-order valence-corrected chi connectivity index (χ3v) is 3.45. The minimum atomic E-state index is 0.152. The van der Waals surface area contributed by atoms with E-state index in [0.717, 1.165) is 12.8 Å². The maximum Gasteiger partial charge on any atom is 0.228 e. The van der Waals surface area contributed by atoms with Gasteiger partial charge in [0, 0.05) is 6.54 Å². The number of halogens is 1. The molecular formula is C9H11ClN8S. The molecule has 0 bridgehead atoms. The minimum Gasteiger partial charge on any atom is -0.354 e. The van der Waals surface area contributed by atoms with E-state index < -0.39 is 0 Å². The van der Waals surface area contributed by atoms with Crippen molar-refractivity contribution in [2.75, 3.05) is 11.9 Å². The van der Waals surface area contributed by atoms with Crippen LogP contribution in [0.5, 0.6) is 0 Å². The molecule has 8 nitrogen and oxygen atoms in total. The first-order valence-corrected chi connectivity index (χ1v) is 7.07. The topological polar surface area (TPSA) is 94.3 Å². The molecular weight excluding hydrogens is 288 g/mol. The molecule has 0 atom stereocenters. The zero-order valence-electron chi connectivity index (χ0n) is 10.1. The summed E-state index contributed by atoms with van der Waals surface area (Å²) < 4.78 is 1.80.